The summed E-state index contributed by atoms with van der Waals surface area (Å²) in [6.45, 7) is 1.95. The van der Waals surface area contributed by atoms with Crippen molar-refractivity contribution >= 4 is 22.8 Å². The Hall–Kier alpha value is -2.07. The zero-order valence-corrected chi connectivity index (χ0v) is 13.3. The number of benzene rings is 2. The lowest BCUT2D eigenvalue weighted by atomic mass is 10.0. The molecule has 22 heavy (non-hydrogen) atoms. The summed E-state index contributed by atoms with van der Waals surface area (Å²) in [5.74, 6) is 0.580. The van der Waals surface area contributed by atoms with Gasteiger partial charge in [-0.05, 0) is 23.4 Å². The normalized spacial score (nSPS) is 11.7. The third-order valence-electron chi connectivity index (χ3n) is 3.22. The molecule has 0 bridgehead atoms. The van der Waals surface area contributed by atoms with Gasteiger partial charge in [0.25, 0.3) is 5.91 Å². The maximum Gasteiger partial charge on any atom is 0.251 e. The smallest absolute Gasteiger partial charge is 0.251 e. The van der Waals surface area contributed by atoms with Crippen LogP contribution in [0.4, 0.5) is 0 Å². The first kappa shape index (κ1) is 16.3. The molecule has 1 atom stereocenters. The van der Waals surface area contributed by atoms with Crippen molar-refractivity contribution in [3.8, 4) is 0 Å². The summed E-state index contributed by atoms with van der Waals surface area (Å²) in [5, 5.41) is 3.05. The van der Waals surface area contributed by atoms with Gasteiger partial charge in [0.1, 0.15) is 0 Å². The van der Waals surface area contributed by atoms with E-state index in [4.69, 9.17) is 0 Å². The molecule has 0 spiro atoms. The second-order valence-electron chi connectivity index (χ2n) is 4.81. The maximum absolute atomic E-state index is 12.3. The topological polar surface area (TPSA) is 46.2 Å². The van der Waals surface area contributed by atoms with Crippen LogP contribution in [0.25, 0.3) is 0 Å². The lowest BCUT2D eigenvalue weighted by Crippen LogP contribution is -2.29. The Morgan fingerprint density at radius 2 is 1.59 bits per heavy atom. The molecule has 114 valence electrons. The average molecular weight is 313 g/mol. The second kappa shape index (κ2) is 8.39. The van der Waals surface area contributed by atoms with Crippen LogP contribution in [0.1, 0.15) is 35.3 Å². The Bertz CT molecular complexity index is 613. The van der Waals surface area contributed by atoms with Crippen molar-refractivity contribution in [2.24, 2.45) is 0 Å². The van der Waals surface area contributed by atoms with Crippen molar-refractivity contribution in [2.75, 3.05) is 5.75 Å². The third-order valence-corrected chi connectivity index (χ3v) is 4.00. The summed E-state index contributed by atoms with van der Waals surface area (Å²) in [6.07, 6.45) is 0.293. The van der Waals surface area contributed by atoms with E-state index in [0.717, 1.165) is 11.3 Å². The quantitative estimate of drug-likeness (QED) is 0.881. The number of amides is 1. The van der Waals surface area contributed by atoms with Crippen LogP contribution >= 0.6 is 11.8 Å². The van der Waals surface area contributed by atoms with Crippen LogP contribution in [-0.4, -0.2) is 16.8 Å². The van der Waals surface area contributed by atoms with Gasteiger partial charge in [-0.2, -0.15) is 0 Å². The van der Waals surface area contributed by atoms with E-state index >= 15 is 0 Å². The summed E-state index contributed by atoms with van der Waals surface area (Å²) in [7, 11) is 0. The van der Waals surface area contributed by atoms with Gasteiger partial charge in [0.2, 0.25) is 0 Å². The molecular weight excluding hydrogens is 294 g/mol. The molecule has 2 rings (SSSR count). The van der Waals surface area contributed by atoms with Crippen molar-refractivity contribution in [1.82, 2.24) is 5.32 Å². The molecule has 0 aliphatic rings. The first-order chi connectivity index (χ1) is 10.7. The highest BCUT2D eigenvalue weighted by Gasteiger charge is 2.19. The minimum absolute atomic E-state index is 0.0877. The van der Waals surface area contributed by atoms with E-state index in [1.54, 1.807) is 12.1 Å². The highest BCUT2D eigenvalue weighted by atomic mass is 32.2. The van der Waals surface area contributed by atoms with Crippen LogP contribution in [-0.2, 0) is 4.79 Å². The number of nitrogens with one attached hydrogen (secondary N) is 1. The second-order valence-corrected chi connectivity index (χ2v) is 6.13. The van der Waals surface area contributed by atoms with Gasteiger partial charge < -0.3 is 5.32 Å². The molecule has 0 aromatic heterocycles. The van der Waals surface area contributed by atoms with Crippen molar-refractivity contribution in [3.05, 3.63) is 71.8 Å². The van der Waals surface area contributed by atoms with Gasteiger partial charge in [0.05, 0.1) is 6.04 Å². The maximum atomic E-state index is 12.3. The molecule has 4 heteroatoms. The van der Waals surface area contributed by atoms with E-state index in [-0.39, 0.29) is 17.1 Å². The molecule has 3 nitrogen and oxygen atoms in total. The average Bonchev–Trinajstić information content (AvgIpc) is 2.56. The summed E-state index contributed by atoms with van der Waals surface area (Å²) in [5.41, 5.74) is 1.54. The van der Waals surface area contributed by atoms with Gasteiger partial charge in [-0.15, -0.1) is 0 Å². The van der Waals surface area contributed by atoms with E-state index in [9.17, 15) is 9.59 Å². The Labute approximate surface area is 135 Å². The molecule has 2 aromatic carbocycles. The number of rotatable bonds is 6. The number of carbonyl (C=O) groups is 2. The lowest BCUT2D eigenvalue weighted by molar-refractivity contribution is -0.111. The number of hydrogen-bond acceptors (Lipinski definition) is 3. The van der Waals surface area contributed by atoms with Gasteiger partial charge in [0.15, 0.2) is 5.12 Å². The van der Waals surface area contributed by atoms with Crippen LogP contribution in [0.15, 0.2) is 60.7 Å². The van der Waals surface area contributed by atoms with E-state index < -0.39 is 0 Å². The van der Waals surface area contributed by atoms with E-state index in [0.29, 0.717) is 12.0 Å². The number of hydrogen-bond donors (Lipinski definition) is 1. The zero-order chi connectivity index (χ0) is 15.8. The molecule has 0 saturated heterocycles. The Balaban J connectivity index is 2.14. The van der Waals surface area contributed by atoms with Gasteiger partial charge in [0, 0.05) is 12.0 Å². The van der Waals surface area contributed by atoms with E-state index in [1.165, 1.54) is 11.8 Å². The van der Waals surface area contributed by atoms with Gasteiger partial charge in [-0.1, -0.05) is 67.2 Å². The summed E-state index contributed by atoms with van der Waals surface area (Å²) in [4.78, 5) is 24.3. The summed E-state index contributed by atoms with van der Waals surface area (Å²) >= 11 is 1.29. The fourth-order valence-corrected chi connectivity index (χ4v) is 2.76. The molecule has 1 amide bonds. The minimum atomic E-state index is -0.305. The lowest BCUT2D eigenvalue weighted by Gasteiger charge is -2.18. The van der Waals surface area contributed by atoms with Crippen molar-refractivity contribution in [2.45, 2.75) is 19.4 Å². The van der Waals surface area contributed by atoms with Gasteiger partial charge in [-0.25, -0.2) is 0 Å². The Morgan fingerprint density at radius 3 is 2.18 bits per heavy atom. The standard InChI is InChI=1S/C18H19NO2S/c1-2-22-17(20)13-16(14-9-5-3-6-10-14)19-18(21)15-11-7-4-8-12-15/h3-12,16H,2,13H2,1H3,(H,19,21). The largest absolute Gasteiger partial charge is 0.345 e. The SMILES string of the molecule is CCSC(=O)CC(NC(=O)c1ccccc1)c1ccccc1. The summed E-state index contributed by atoms with van der Waals surface area (Å²) in [6, 6.07) is 18.3. The van der Waals surface area contributed by atoms with Crippen LogP contribution in [0.3, 0.4) is 0 Å². The molecule has 1 unspecified atom stereocenters. The minimum Gasteiger partial charge on any atom is -0.345 e. The molecule has 0 radical (unpaired) electrons. The Morgan fingerprint density at radius 1 is 1.00 bits per heavy atom. The highest BCUT2D eigenvalue weighted by molar-refractivity contribution is 8.13. The zero-order valence-electron chi connectivity index (χ0n) is 12.5. The molecule has 0 heterocycles. The van der Waals surface area contributed by atoms with Crippen LogP contribution < -0.4 is 5.32 Å². The van der Waals surface area contributed by atoms with E-state index in [2.05, 4.69) is 5.32 Å². The first-order valence-corrected chi connectivity index (χ1v) is 8.25. The summed E-state index contributed by atoms with van der Waals surface area (Å²) < 4.78 is 0. The molecule has 0 aliphatic heterocycles. The number of thioether (sulfide) groups is 1. The monoisotopic (exact) mass is 313 g/mol. The van der Waals surface area contributed by atoms with Gasteiger partial charge >= 0.3 is 0 Å². The van der Waals surface area contributed by atoms with Crippen LogP contribution in [0, 0.1) is 0 Å². The fraction of sp³-hybridized carbons (Fsp3) is 0.222. The van der Waals surface area contributed by atoms with Gasteiger partial charge in [-0.3, -0.25) is 9.59 Å². The van der Waals surface area contributed by atoms with E-state index in [1.807, 2.05) is 55.5 Å². The first-order valence-electron chi connectivity index (χ1n) is 7.27. The van der Waals surface area contributed by atoms with Crippen LogP contribution in [0.5, 0.6) is 0 Å². The predicted octanol–water partition coefficient (Wildman–Crippen LogP) is 3.83. The highest BCUT2D eigenvalue weighted by Crippen LogP contribution is 2.21. The molecular formula is C18H19NO2S. The third kappa shape index (κ3) is 4.74. The van der Waals surface area contributed by atoms with Crippen molar-refractivity contribution < 1.29 is 9.59 Å². The number of carbonyl (C=O) groups excluding carboxylic acids is 2. The van der Waals surface area contributed by atoms with Crippen molar-refractivity contribution in [1.29, 1.82) is 0 Å². The molecule has 2 aromatic rings. The molecule has 0 saturated carbocycles. The molecule has 0 aliphatic carbocycles. The predicted molar refractivity (Wildman–Crippen MR) is 90.8 cm³/mol. The van der Waals surface area contributed by atoms with Crippen LogP contribution in [0.2, 0.25) is 0 Å². The van der Waals surface area contributed by atoms with Crippen molar-refractivity contribution in [3.63, 3.8) is 0 Å². The fourth-order valence-electron chi connectivity index (χ4n) is 2.16. The molecule has 0 fully saturated rings. The molecule has 1 N–H and O–H groups in total. The Kier molecular flexibility index (Phi) is 6.22.